The van der Waals surface area contributed by atoms with Crippen molar-refractivity contribution in [1.82, 2.24) is 4.90 Å². The summed E-state index contributed by atoms with van der Waals surface area (Å²) in [6.45, 7) is 3.21. The van der Waals surface area contributed by atoms with Crippen LogP contribution in [0.5, 0.6) is 5.75 Å². The summed E-state index contributed by atoms with van der Waals surface area (Å²) in [4.78, 5) is 16.9. The van der Waals surface area contributed by atoms with Crippen LogP contribution in [0.3, 0.4) is 0 Å². The molecule has 1 saturated heterocycles. The Kier molecular flexibility index (Phi) is 5.97. The van der Waals surface area contributed by atoms with Crippen molar-refractivity contribution < 1.29 is 13.9 Å². The lowest BCUT2D eigenvalue weighted by Gasteiger charge is -2.39. The summed E-state index contributed by atoms with van der Waals surface area (Å²) in [5.41, 5.74) is 8.00. The van der Waals surface area contributed by atoms with E-state index in [1.807, 2.05) is 6.07 Å². The minimum absolute atomic E-state index is 0.0638. The Morgan fingerprint density at radius 1 is 1.07 bits per heavy atom. The monoisotopic (exact) mass is 407 g/mol. The van der Waals surface area contributed by atoms with Gasteiger partial charge in [-0.1, -0.05) is 18.2 Å². The second-order valence-electron chi connectivity index (χ2n) is 7.59. The Morgan fingerprint density at radius 2 is 1.80 bits per heavy atom. The zero-order valence-electron chi connectivity index (χ0n) is 17.1. The summed E-state index contributed by atoms with van der Waals surface area (Å²) >= 11 is 0. The molecular formula is C24H26FN3O2. The van der Waals surface area contributed by atoms with Gasteiger partial charge in [-0.05, 0) is 47.9 Å². The molecule has 6 heteroatoms. The van der Waals surface area contributed by atoms with Gasteiger partial charge in [-0.25, -0.2) is 4.39 Å². The van der Waals surface area contributed by atoms with Crippen LogP contribution in [-0.2, 0) is 0 Å². The van der Waals surface area contributed by atoms with Crippen molar-refractivity contribution in [2.45, 2.75) is 12.6 Å². The highest BCUT2D eigenvalue weighted by Gasteiger charge is 2.24. The van der Waals surface area contributed by atoms with Crippen LogP contribution >= 0.6 is 0 Å². The van der Waals surface area contributed by atoms with E-state index in [1.54, 1.807) is 7.11 Å². The molecule has 1 fully saturated rings. The predicted octanol–water partition coefficient (Wildman–Crippen LogP) is 3.67. The number of hydrogen-bond acceptors (Lipinski definition) is 5. The molecule has 1 atom stereocenters. The number of ketones is 1. The van der Waals surface area contributed by atoms with Crippen molar-refractivity contribution in [3.63, 3.8) is 0 Å². The number of nitrogens with two attached hydrogens (primary N) is 1. The molecule has 3 aromatic rings. The van der Waals surface area contributed by atoms with E-state index in [-0.39, 0.29) is 24.2 Å². The van der Waals surface area contributed by atoms with Crippen LogP contribution in [-0.4, -0.2) is 50.1 Å². The molecule has 1 aliphatic rings. The van der Waals surface area contributed by atoms with Crippen molar-refractivity contribution in [1.29, 1.82) is 0 Å². The Bertz CT molecular complexity index is 1030. The van der Waals surface area contributed by atoms with Gasteiger partial charge in [0, 0.05) is 49.2 Å². The normalized spacial score (nSPS) is 15.9. The number of piperazine rings is 1. The molecule has 5 nitrogen and oxygen atoms in total. The molecule has 0 aromatic heterocycles. The summed E-state index contributed by atoms with van der Waals surface area (Å²) in [7, 11) is 1.68. The van der Waals surface area contributed by atoms with Gasteiger partial charge in [0.25, 0.3) is 0 Å². The lowest BCUT2D eigenvalue weighted by Crippen LogP contribution is -2.54. The maximum absolute atomic E-state index is 13.1. The Labute approximate surface area is 175 Å². The summed E-state index contributed by atoms with van der Waals surface area (Å²) in [6.07, 6.45) is -0.130. The van der Waals surface area contributed by atoms with Crippen molar-refractivity contribution in [2.75, 3.05) is 38.2 Å². The Hall–Kier alpha value is -2.96. The van der Waals surface area contributed by atoms with E-state index in [2.05, 4.69) is 40.1 Å². The number of benzene rings is 3. The molecule has 0 bridgehead atoms. The average Bonchev–Trinajstić information content (AvgIpc) is 2.78. The minimum Gasteiger partial charge on any atom is -0.497 e. The van der Waals surface area contributed by atoms with Crippen molar-refractivity contribution >= 4 is 22.2 Å². The third-order valence-corrected chi connectivity index (χ3v) is 5.75. The van der Waals surface area contributed by atoms with Gasteiger partial charge in [-0.2, -0.15) is 0 Å². The summed E-state index contributed by atoms with van der Waals surface area (Å²) in [5, 5.41) is 2.35. The number of Topliss-reactive ketones (excluding diaryl/α,β-unsaturated/α-hetero) is 1. The maximum Gasteiger partial charge on any atom is 0.165 e. The third kappa shape index (κ3) is 4.30. The summed E-state index contributed by atoms with van der Waals surface area (Å²) in [6, 6.07) is 18.1. The number of halogens is 1. The smallest absolute Gasteiger partial charge is 0.165 e. The third-order valence-electron chi connectivity index (χ3n) is 5.75. The van der Waals surface area contributed by atoms with E-state index in [4.69, 9.17) is 10.5 Å². The second-order valence-corrected chi connectivity index (χ2v) is 7.59. The molecule has 0 saturated carbocycles. The van der Waals surface area contributed by atoms with Crippen molar-refractivity contribution in [3.05, 3.63) is 72.0 Å². The van der Waals surface area contributed by atoms with Crippen LogP contribution in [0.2, 0.25) is 0 Å². The number of anilines is 1. The molecule has 30 heavy (non-hydrogen) atoms. The molecule has 2 N–H and O–H groups in total. The Morgan fingerprint density at radius 3 is 2.50 bits per heavy atom. The van der Waals surface area contributed by atoms with Crippen LogP contribution in [0.4, 0.5) is 10.1 Å². The van der Waals surface area contributed by atoms with Gasteiger partial charge in [-0.3, -0.25) is 9.69 Å². The fourth-order valence-electron chi connectivity index (χ4n) is 4.01. The van der Waals surface area contributed by atoms with Gasteiger partial charge in [0.05, 0.1) is 13.3 Å². The van der Waals surface area contributed by atoms with Crippen LogP contribution in [0.15, 0.2) is 60.7 Å². The number of fused-ring (bicyclic) bond motifs is 1. The fourth-order valence-corrected chi connectivity index (χ4v) is 4.01. The lowest BCUT2D eigenvalue weighted by atomic mass is 10.1. The van der Waals surface area contributed by atoms with Gasteiger partial charge in [0.15, 0.2) is 5.78 Å². The van der Waals surface area contributed by atoms with Gasteiger partial charge in [-0.15, -0.1) is 0 Å². The summed E-state index contributed by atoms with van der Waals surface area (Å²) in [5.74, 6) is 0.430. The number of nitrogens with zero attached hydrogens (tertiary/aromatic N) is 2. The van der Waals surface area contributed by atoms with Gasteiger partial charge < -0.3 is 15.4 Å². The first-order chi connectivity index (χ1) is 14.5. The van der Waals surface area contributed by atoms with E-state index < -0.39 is 0 Å². The molecule has 4 rings (SSSR count). The highest BCUT2D eigenvalue weighted by atomic mass is 19.1. The highest BCUT2D eigenvalue weighted by Crippen LogP contribution is 2.30. The topological polar surface area (TPSA) is 58.8 Å². The van der Waals surface area contributed by atoms with E-state index >= 15 is 0 Å². The van der Waals surface area contributed by atoms with Crippen molar-refractivity contribution in [2.24, 2.45) is 5.73 Å². The minimum atomic E-state index is -0.350. The van der Waals surface area contributed by atoms with Crippen molar-refractivity contribution in [3.8, 4) is 5.75 Å². The summed E-state index contributed by atoms with van der Waals surface area (Å²) < 4.78 is 18.5. The molecule has 156 valence electrons. The molecule has 1 aliphatic heterocycles. The zero-order valence-corrected chi connectivity index (χ0v) is 17.1. The average molecular weight is 407 g/mol. The second kappa shape index (κ2) is 8.81. The molecule has 1 unspecified atom stereocenters. The van der Waals surface area contributed by atoms with Crippen LogP contribution in [0.1, 0.15) is 16.8 Å². The first-order valence-corrected chi connectivity index (χ1v) is 10.2. The maximum atomic E-state index is 13.1. The Balaban J connectivity index is 1.41. The number of carbonyl (C=O) groups excluding carboxylic acids is 1. The van der Waals surface area contributed by atoms with Crippen LogP contribution in [0.25, 0.3) is 10.8 Å². The van der Waals surface area contributed by atoms with Gasteiger partial charge in [0.1, 0.15) is 11.6 Å². The number of hydrogen-bond donors (Lipinski definition) is 1. The number of rotatable bonds is 6. The lowest BCUT2D eigenvalue weighted by molar-refractivity contribution is 0.0915. The number of methoxy groups -OCH3 is 1. The molecule has 0 amide bonds. The quantitative estimate of drug-likeness (QED) is 0.632. The van der Waals surface area contributed by atoms with E-state index in [0.717, 1.165) is 31.9 Å². The molecule has 0 spiro atoms. The number of ether oxygens (including phenoxy) is 1. The first kappa shape index (κ1) is 20.3. The van der Waals surface area contributed by atoms with Crippen LogP contribution < -0.4 is 15.4 Å². The highest BCUT2D eigenvalue weighted by molar-refractivity contribution is 5.96. The largest absolute Gasteiger partial charge is 0.497 e. The first-order valence-electron chi connectivity index (χ1n) is 10.2. The predicted molar refractivity (Wildman–Crippen MR) is 118 cm³/mol. The fraction of sp³-hybridized carbons (Fsp3) is 0.292. The number of carbonyl (C=O) groups is 1. The van der Waals surface area contributed by atoms with Crippen LogP contribution in [0, 0.1) is 5.82 Å². The van der Waals surface area contributed by atoms with Gasteiger partial charge >= 0.3 is 0 Å². The van der Waals surface area contributed by atoms with E-state index in [0.29, 0.717) is 5.56 Å². The molecule has 1 heterocycles. The van der Waals surface area contributed by atoms with Gasteiger partial charge in [0.2, 0.25) is 0 Å². The SMILES string of the molecule is COc1ccc2cccc(N3CCN(C(N)CC(=O)c4ccc(F)cc4)CC3)c2c1. The molecular weight excluding hydrogens is 381 g/mol. The zero-order chi connectivity index (χ0) is 21.1. The van der Waals surface area contributed by atoms with E-state index in [9.17, 15) is 9.18 Å². The standard InChI is InChI=1S/C24H26FN3O2/c1-30-20-10-7-17-3-2-4-22(21(17)15-20)27-11-13-28(14-12-27)24(26)16-23(29)18-5-8-19(25)9-6-18/h2-10,15,24H,11-14,16,26H2,1H3. The molecule has 0 aliphatic carbocycles. The molecule has 3 aromatic carbocycles. The van der Waals surface area contributed by atoms with E-state index in [1.165, 1.54) is 40.7 Å². The molecule has 0 radical (unpaired) electrons.